The molecule has 4 N–H and O–H groups in total. The number of carbonyl (C=O) groups excluding carboxylic acids is 1. The third kappa shape index (κ3) is 7.54. The molecule has 5 atom stereocenters. The van der Waals surface area contributed by atoms with Crippen molar-refractivity contribution in [3.63, 3.8) is 0 Å². The number of nitrogens with zero attached hydrogens (tertiary/aromatic N) is 1. The van der Waals surface area contributed by atoms with Crippen molar-refractivity contribution >= 4 is 27.7 Å². The van der Waals surface area contributed by atoms with Crippen LogP contribution in [0.3, 0.4) is 0 Å². The van der Waals surface area contributed by atoms with E-state index in [2.05, 4.69) is 16.0 Å². The van der Waals surface area contributed by atoms with Gasteiger partial charge in [-0.05, 0) is 60.4 Å². The third-order valence-electron chi connectivity index (χ3n) is 7.77. The third-order valence-corrected chi connectivity index (χ3v) is 9.74. The molecule has 2 amide bonds. The molecule has 240 valence electrons. The summed E-state index contributed by atoms with van der Waals surface area (Å²) in [5.41, 5.74) is -0.195. The van der Waals surface area contributed by atoms with E-state index in [0.717, 1.165) is 30.3 Å². The maximum Gasteiger partial charge on any atom is 0.405 e. The van der Waals surface area contributed by atoms with E-state index in [1.807, 2.05) is 0 Å². The lowest BCUT2D eigenvalue weighted by atomic mass is 9.84. The molecule has 2 saturated heterocycles. The Kier molecular flexibility index (Phi) is 9.60. The topological polar surface area (TPSA) is 137 Å². The highest BCUT2D eigenvalue weighted by Gasteiger charge is 2.39. The van der Waals surface area contributed by atoms with Crippen LogP contribution in [0.2, 0.25) is 0 Å². The first-order chi connectivity index (χ1) is 21.4. The first-order valence-corrected chi connectivity index (χ1v) is 15.7. The molecule has 45 heavy (non-hydrogen) atoms. The molecule has 0 saturated carbocycles. The van der Waals surface area contributed by atoms with Gasteiger partial charge in [-0.2, -0.15) is 4.31 Å². The van der Waals surface area contributed by atoms with E-state index < -0.39 is 69.0 Å². The molecule has 3 aromatic carbocycles. The van der Waals surface area contributed by atoms with Gasteiger partial charge in [0.15, 0.2) is 11.6 Å². The van der Waals surface area contributed by atoms with Crippen LogP contribution < -0.4 is 20.7 Å². The number of carbonyl (C=O) groups is 2. The SMILES string of the molecule is O=C(O)NC(C(=O)Nc1cccc(F)c1OCC1CNC2CCCS(=O)(=O)N1C2)C(c1ccc(F)cc1)c1cc(F)cc(F)c1. The Morgan fingerprint density at radius 1 is 1.00 bits per heavy atom. The average molecular weight is 651 g/mol. The van der Waals surface area contributed by atoms with Crippen LogP contribution in [0.25, 0.3) is 0 Å². The molecule has 10 nitrogen and oxygen atoms in total. The Hall–Kier alpha value is -4.21. The molecule has 0 aliphatic carbocycles. The van der Waals surface area contributed by atoms with Gasteiger partial charge in [0.2, 0.25) is 15.9 Å². The standard InChI is InChI=1S/C30H30F4N4O6S/c31-19-8-6-17(7-9-19)26(18-11-20(32)13-21(33)12-18)27(37-30(40)41)29(39)36-25-5-1-4-24(34)28(25)44-16-23-14-35-22-3-2-10-45(42,43)38(23)15-22/h1,4-9,11-13,22-23,26-27,35,37H,2-3,10,14-16H2,(H,36,39)(H,40,41). The summed E-state index contributed by atoms with van der Waals surface area (Å²) < 4.78 is 90.2. The molecule has 0 aromatic heterocycles. The number of anilines is 1. The van der Waals surface area contributed by atoms with Crippen molar-refractivity contribution in [3.05, 3.63) is 95.1 Å². The molecular weight excluding hydrogens is 620 g/mol. The van der Waals surface area contributed by atoms with Gasteiger partial charge < -0.3 is 25.8 Å². The van der Waals surface area contributed by atoms with Gasteiger partial charge in [0, 0.05) is 31.1 Å². The highest BCUT2D eigenvalue weighted by atomic mass is 32.2. The van der Waals surface area contributed by atoms with Gasteiger partial charge >= 0.3 is 6.09 Å². The molecule has 0 radical (unpaired) electrons. The number of halogens is 4. The minimum Gasteiger partial charge on any atom is -0.487 e. The Bertz CT molecular complexity index is 1660. The van der Waals surface area contributed by atoms with E-state index in [-0.39, 0.29) is 48.3 Å². The fourth-order valence-corrected chi connectivity index (χ4v) is 7.48. The van der Waals surface area contributed by atoms with Gasteiger partial charge in [-0.25, -0.2) is 30.8 Å². The van der Waals surface area contributed by atoms with Crippen LogP contribution in [0.5, 0.6) is 5.75 Å². The van der Waals surface area contributed by atoms with E-state index in [0.29, 0.717) is 18.9 Å². The quantitative estimate of drug-likeness (QED) is 0.259. The first kappa shape index (κ1) is 32.2. The molecule has 2 fully saturated rings. The van der Waals surface area contributed by atoms with Crippen LogP contribution in [0.1, 0.15) is 29.9 Å². The van der Waals surface area contributed by atoms with Crippen molar-refractivity contribution in [1.82, 2.24) is 14.9 Å². The largest absolute Gasteiger partial charge is 0.487 e. The summed E-state index contributed by atoms with van der Waals surface area (Å²) in [5.74, 6) is -6.39. The van der Waals surface area contributed by atoms with Gasteiger partial charge in [-0.15, -0.1) is 0 Å². The maximum atomic E-state index is 15.1. The number of hydrogen-bond acceptors (Lipinski definition) is 6. The van der Waals surface area contributed by atoms with Crippen molar-refractivity contribution in [2.45, 2.75) is 36.9 Å². The molecule has 3 aromatic rings. The average Bonchev–Trinajstić information content (AvgIpc) is 3.08. The number of carboxylic acid groups (broad SMARTS) is 1. The number of piperazine rings is 1. The zero-order valence-electron chi connectivity index (χ0n) is 23.7. The lowest BCUT2D eigenvalue weighted by molar-refractivity contribution is -0.118. The van der Waals surface area contributed by atoms with Crippen molar-refractivity contribution in [1.29, 1.82) is 0 Å². The second-order valence-corrected chi connectivity index (χ2v) is 12.9. The van der Waals surface area contributed by atoms with Gasteiger partial charge in [0.25, 0.3) is 0 Å². The fourth-order valence-electron chi connectivity index (χ4n) is 5.72. The highest BCUT2D eigenvalue weighted by molar-refractivity contribution is 7.89. The van der Waals surface area contributed by atoms with Crippen LogP contribution in [0.4, 0.5) is 28.0 Å². The number of rotatable bonds is 9. The van der Waals surface area contributed by atoms with Crippen molar-refractivity contribution in [3.8, 4) is 5.75 Å². The minimum absolute atomic E-state index is 0.0129. The fraction of sp³-hybridized carbons (Fsp3) is 0.333. The van der Waals surface area contributed by atoms with Crippen LogP contribution in [-0.2, 0) is 14.8 Å². The summed E-state index contributed by atoms with van der Waals surface area (Å²) in [7, 11) is -3.57. The summed E-state index contributed by atoms with van der Waals surface area (Å²) in [6.07, 6.45) is -0.462. The number of amides is 2. The number of para-hydroxylation sites is 1. The summed E-state index contributed by atoms with van der Waals surface area (Å²) in [6, 6.07) is 8.17. The van der Waals surface area contributed by atoms with E-state index in [4.69, 9.17) is 4.74 Å². The second-order valence-electron chi connectivity index (χ2n) is 10.9. The van der Waals surface area contributed by atoms with E-state index in [1.165, 1.54) is 28.6 Å². The smallest absolute Gasteiger partial charge is 0.405 e. The first-order valence-electron chi connectivity index (χ1n) is 14.1. The maximum absolute atomic E-state index is 15.1. The summed E-state index contributed by atoms with van der Waals surface area (Å²) in [5, 5.41) is 17.4. The number of nitrogens with one attached hydrogen (secondary N) is 3. The van der Waals surface area contributed by atoms with Gasteiger partial charge in [-0.1, -0.05) is 18.2 Å². The molecular formula is C30H30F4N4O6S. The van der Waals surface area contributed by atoms with E-state index in [1.54, 1.807) is 0 Å². The summed E-state index contributed by atoms with van der Waals surface area (Å²) in [6.45, 7) is 0.236. The Balaban J connectivity index is 1.44. The minimum atomic E-state index is -3.57. The number of fused-ring (bicyclic) bond motifs is 2. The number of hydrogen-bond donors (Lipinski definition) is 4. The lowest BCUT2D eigenvalue weighted by Crippen LogP contribution is -2.58. The van der Waals surface area contributed by atoms with Crippen molar-refractivity contribution < 1.29 is 45.4 Å². The van der Waals surface area contributed by atoms with Crippen LogP contribution in [0, 0.1) is 23.3 Å². The predicted octanol–water partition coefficient (Wildman–Crippen LogP) is 3.79. The molecule has 2 heterocycles. The van der Waals surface area contributed by atoms with Crippen LogP contribution >= 0.6 is 0 Å². The zero-order chi connectivity index (χ0) is 32.3. The van der Waals surface area contributed by atoms with Crippen LogP contribution in [0.15, 0.2) is 60.7 Å². The molecule has 2 bridgehead atoms. The number of benzene rings is 3. The number of ether oxygens (including phenoxy) is 1. The highest BCUT2D eigenvalue weighted by Crippen LogP contribution is 2.33. The van der Waals surface area contributed by atoms with Gasteiger partial charge in [0.1, 0.15) is 30.1 Å². The normalized spacial score (nSPS) is 22.0. The molecule has 2 aliphatic rings. The van der Waals surface area contributed by atoms with Crippen molar-refractivity contribution in [2.75, 3.05) is 30.8 Å². The molecule has 0 spiro atoms. The Labute approximate surface area is 256 Å². The Morgan fingerprint density at radius 3 is 2.40 bits per heavy atom. The monoisotopic (exact) mass is 650 g/mol. The predicted molar refractivity (Wildman–Crippen MR) is 155 cm³/mol. The number of sulfonamides is 1. The Morgan fingerprint density at radius 2 is 1.71 bits per heavy atom. The van der Waals surface area contributed by atoms with Crippen LogP contribution in [-0.4, -0.2) is 73.4 Å². The molecule has 5 unspecified atom stereocenters. The van der Waals surface area contributed by atoms with E-state index in [9.17, 15) is 36.3 Å². The second kappa shape index (κ2) is 13.4. The summed E-state index contributed by atoms with van der Waals surface area (Å²) >= 11 is 0. The van der Waals surface area contributed by atoms with E-state index >= 15 is 4.39 Å². The molecule has 5 rings (SSSR count). The summed E-state index contributed by atoms with van der Waals surface area (Å²) in [4.78, 5) is 25.6. The van der Waals surface area contributed by atoms with Gasteiger partial charge in [-0.3, -0.25) is 4.79 Å². The lowest BCUT2D eigenvalue weighted by Gasteiger charge is -2.37. The van der Waals surface area contributed by atoms with Gasteiger partial charge in [0.05, 0.1) is 17.5 Å². The zero-order valence-corrected chi connectivity index (χ0v) is 24.5. The molecule has 2 aliphatic heterocycles. The molecule has 15 heteroatoms. The van der Waals surface area contributed by atoms with Crippen molar-refractivity contribution in [2.24, 2.45) is 0 Å².